The predicted molar refractivity (Wildman–Crippen MR) is 120 cm³/mol. The van der Waals surface area contributed by atoms with Crippen molar-refractivity contribution in [3.63, 3.8) is 0 Å². The molecule has 2 fully saturated rings. The van der Waals surface area contributed by atoms with Crippen molar-refractivity contribution in [1.82, 2.24) is 20.4 Å². The Morgan fingerprint density at radius 1 is 1.13 bits per heavy atom. The molecule has 3 rings (SSSR count). The van der Waals surface area contributed by atoms with Crippen LogP contribution in [0.4, 0.5) is 4.39 Å². The molecule has 7 heteroatoms. The standard InChI is InChI=1S/C23H38FN5O/c1-3-25-23(26-11-8-19-9-12-28(2)13-10-19)27-18-22(29-14-16-30-17-15-29)20-4-6-21(24)7-5-20/h4-7,19,22H,3,8-18H2,1-2H3,(H2,25,26,27). The lowest BCUT2D eigenvalue weighted by Crippen LogP contribution is -2.42. The number of halogens is 1. The van der Waals surface area contributed by atoms with Gasteiger partial charge in [0.15, 0.2) is 5.96 Å². The molecule has 0 aliphatic carbocycles. The van der Waals surface area contributed by atoms with E-state index in [-0.39, 0.29) is 11.9 Å². The van der Waals surface area contributed by atoms with Crippen LogP contribution in [-0.2, 0) is 4.74 Å². The highest BCUT2D eigenvalue weighted by molar-refractivity contribution is 5.79. The Hall–Kier alpha value is -1.70. The van der Waals surface area contributed by atoms with Crippen LogP contribution in [0.15, 0.2) is 29.3 Å². The number of piperidine rings is 1. The molecular formula is C23H38FN5O. The third-order valence-corrected chi connectivity index (χ3v) is 6.19. The molecule has 1 aromatic rings. The van der Waals surface area contributed by atoms with Crippen LogP contribution in [0.1, 0.15) is 37.8 Å². The number of hydrogen-bond acceptors (Lipinski definition) is 4. The molecule has 30 heavy (non-hydrogen) atoms. The van der Waals surface area contributed by atoms with Crippen molar-refractivity contribution in [2.45, 2.75) is 32.2 Å². The molecule has 2 aliphatic heterocycles. The van der Waals surface area contributed by atoms with Gasteiger partial charge in [-0.15, -0.1) is 0 Å². The number of benzene rings is 1. The summed E-state index contributed by atoms with van der Waals surface area (Å²) in [5.41, 5.74) is 1.10. The number of nitrogens with zero attached hydrogens (tertiary/aromatic N) is 3. The molecule has 6 nitrogen and oxygen atoms in total. The van der Waals surface area contributed by atoms with Crippen LogP contribution in [0, 0.1) is 11.7 Å². The minimum Gasteiger partial charge on any atom is -0.379 e. The predicted octanol–water partition coefficient (Wildman–Crippen LogP) is 2.49. The number of guanidine groups is 1. The number of aliphatic imine (C=N–C) groups is 1. The van der Waals surface area contributed by atoms with Crippen molar-refractivity contribution >= 4 is 5.96 Å². The monoisotopic (exact) mass is 419 g/mol. The van der Waals surface area contributed by atoms with E-state index in [1.807, 2.05) is 12.1 Å². The van der Waals surface area contributed by atoms with Gasteiger partial charge >= 0.3 is 0 Å². The third-order valence-electron chi connectivity index (χ3n) is 6.19. The first-order valence-corrected chi connectivity index (χ1v) is 11.4. The van der Waals surface area contributed by atoms with Crippen molar-refractivity contribution in [1.29, 1.82) is 0 Å². The van der Waals surface area contributed by atoms with Gasteiger partial charge in [0, 0.05) is 26.2 Å². The molecule has 2 saturated heterocycles. The summed E-state index contributed by atoms with van der Waals surface area (Å²) < 4.78 is 19.0. The van der Waals surface area contributed by atoms with Crippen LogP contribution in [0.5, 0.6) is 0 Å². The molecule has 168 valence electrons. The molecular weight excluding hydrogens is 381 g/mol. The zero-order valence-electron chi connectivity index (χ0n) is 18.6. The van der Waals surface area contributed by atoms with Gasteiger partial charge in [-0.05, 0) is 69.9 Å². The Morgan fingerprint density at radius 3 is 2.50 bits per heavy atom. The normalized spacial score (nSPS) is 20.8. The number of likely N-dealkylation sites (tertiary alicyclic amines) is 1. The van der Waals surface area contributed by atoms with Crippen molar-refractivity contribution in [2.75, 3.05) is 66.1 Å². The Labute approximate surface area is 180 Å². The summed E-state index contributed by atoms with van der Waals surface area (Å²) in [6.07, 6.45) is 3.76. The Kier molecular flexibility index (Phi) is 9.36. The summed E-state index contributed by atoms with van der Waals surface area (Å²) in [4.78, 5) is 9.70. The van der Waals surface area contributed by atoms with Crippen LogP contribution in [0.3, 0.4) is 0 Å². The van der Waals surface area contributed by atoms with E-state index in [9.17, 15) is 4.39 Å². The molecule has 0 amide bonds. The van der Waals surface area contributed by atoms with E-state index >= 15 is 0 Å². The highest BCUT2D eigenvalue weighted by Crippen LogP contribution is 2.23. The third kappa shape index (κ3) is 7.22. The summed E-state index contributed by atoms with van der Waals surface area (Å²) in [5.74, 6) is 1.47. The maximum Gasteiger partial charge on any atom is 0.191 e. The average Bonchev–Trinajstić information content (AvgIpc) is 2.77. The summed E-state index contributed by atoms with van der Waals surface area (Å²) in [6, 6.07) is 6.96. The van der Waals surface area contributed by atoms with Crippen LogP contribution < -0.4 is 10.6 Å². The molecule has 1 aromatic carbocycles. The maximum absolute atomic E-state index is 13.4. The minimum atomic E-state index is -0.202. The lowest BCUT2D eigenvalue weighted by Gasteiger charge is -2.34. The van der Waals surface area contributed by atoms with E-state index < -0.39 is 0 Å². The van der Waals surface area contributed by atoms with Gasteiger partial charge in [0.05, 0.1) is 25.8 Å². The van der Waals surface area contributed by atoms with E-state index in [2.05, 4.69) is 34.4 Å². The molecule has 1 unspecified atom stereocenters. The second-order valence-electron chi connectivity index (χ2n) is 8.40. The molecule has 2 heterocycles. The highest BCUT2D eigenvalue weighted by atomic mass is 19.1. The second-order valence-corrected chi connectivity index (χ2v) is 8.40. The molecule has 2 aliphatic rings. The quantitative estimate of drug-likeness (QED) is 0.501. The molecule has 0 aromatic heterocycles. The first kappa shape index (κ1) is 23.0. The Balaban J connectivity index is 1.59. The van der Waals surface area contributed by atoms with Crippen molar-refractivity contribution in [3.05, 3.63) is 35.6 Å². The van der Waals surface area contributed by atoms with Gasteiger partial charge < -0.3 is 20.3 Å². The van der Waals surface area contributed by atoms with Gasteiger partial charge in [-0.1, -0.05) is 12.1 Å². The van der Waals surface area contributed by atoms with Crippen LogP contribution in [-0.4, -0.2) is 81.8 Å². The van der Waals surface area contributed by atoms with Crippen molar-refractivity contribution < 1.29 is 9.13 Å². The Bertz CT molecular complexity index is 639. The molecule has 2 N–H and O–H groups in total. The molecule has 0 radical (unpaired) electrons. The van der Waals surface area contributed by atoms with Crippen LogP contribution >= 0.6 is 0 Å². The van der Waals surface area contributed by atoms with Gasteiger partial charge in [0.1, 0.15) is 5.82 Å². The van der Waals surface area contributed by atoms with Gasteiger partial charge in [-0.2, -0.15) is 0 Å². The first-order valence-electron chi connectivity index (χ1n) is 11.4. The SMILES string of the molecule is CCNC(=NCC(c1ccc(F)cc1)N1CCOCC1)NCCC1CCN(C)CC1. The summed E-state index contributed by atoms with van der Waals surface area (Å²) in [6.45, 7) is 10.1. The smallest absolute Gasteiger partial charge is 0.191 e. The second kappa shape index (κ2) is 12.2. The van der Waals surface area contributed by atoms with E-state index in [0.717, 1.165) is 56.8 Å². The number of morpholine rings is 1. The first-order chi connectivity index (χ1) is 14.7. The zero-order valence-corrected chi connectivity index (χ0v) is 18.6. The van der Waals surface area contributed by atoms with E-state index in [4.69, 9.17) is 9.73 Å². The minimum absolute atomic E-state index is 0.124. The van der Waals surface area contributed by atoms with Gasteiger partial charge in [-0.3, -0.25) is 9.89 Å². The number of ether oxygens (including phenoxy) is 1. The lowest BCUT2D eigenvalue weighted by atomic mass is 9.94. The van der Waals surface area contributed by atoms with E-state index in [1.54, 1.807) is 0 Å². The summed E-state index contributed by atoms with van der Waals surface area (Å²) in [7, 11) is 2.20. The maximum atomic E-state index is 13.4. The van der Waals surface area contributed by atoms with Gasteiger partial charge in [-0.25, -0.2) is 4.39 Å². The summed E-state index contributed by atoms with van der Waals surface area (Å²) in [5, 5.41) is 6.89. The van der Waals surface area contributed by atoms with Gasteiger partial charge in [0.25, 0.3) is 0 Å². The fourth-order valence-corrected chi connectivity index (χ4v) is 4.27. The van der Waals surface area contributed by atoms with E-state index in [1.165, 1.54) is 44.5 Å². The van der Waals surface area contributed by atoms with Crippen LogP contribution in [0.25, 0.3) is 0 Å². The molecule has 1 atom stereocenters. The van der Waals surface area contributed by atoms with Crippen molar-refractivity contribution in [3.8, 4) is 0 Å². The fraction of sp³-hybridized carbons (Fsp3) is 0.696. The molecule has 0 saturated carbocycles. The topological polar surface area (TPSA) is 52.1 Å². The summed E-state index contributed by atoms with van der Waals surface area (Å²) >= 11 is 0. The van der Waals surface area contributed by atoms with Gasteiger partial charge in [0.2, 0.25) is 0 Å². The number of nitrogens with one attached hydrogen (secondary N) is 2. The largest absolute Gasteiger partial charge is 0.379 e. The zero-order chi connectivity index (χ0) is 21.2. The fourth-order valence-electron chi connectivity index (χ4n) is 4.27. The van der Waals surface area contributed by atoms with Crippen LogP contribution in [0.2, 0.25) is 0 Å². The van der Waals surface area contributed by atoms with E-state index in [0.29, 0.717) is 6.54 Å². The number of hydrogen-bond donors (Lipinski definition) is 2. The Morgan fingerprint density at radius 2 is 1.83 bits per heavy atom. The molecule has 0 bridgehead atoms. The highest BCUT2D eigenvalue weighted by Gasteiger charge is 2.23. The average molecular weight is 420 g/mol. The van der Waals surface area contributed by atoms with Crippen molar-refractivity contribution in [2.24, 2.45) is 10.9 Å². The molecule has 0 spiro atoms. The lowest BCUT2D eigenvalue weighted by molar-refractivity contribution is 0.0179. The number of rotatable bonds is 8.